The van der Waals surface area contributed by atoms with Crippen LogP contribution in [0, 0.1) is 5.82 Å². The number of halogens is 1. The van der Waals surface area contributed by atoms with Crippen LogP contribution in [0.25, 0.3) is 6.08 Å². The van der Waals surface area contributed by atoms with Crippen LogP contribution in [0.5, 0.6) is 0 Å². The molecule has 25 heavy (non-hydrogen) atoms. The van der Waals surface area contributed by atoms with E-state index in [1.165, 1.54) is 18.2 Å². The van der Waals surface area contributed by atoms with Gasteiger partial charge in [0.15, 0.2) is 0 Å². The molecule has 5 heteroatoms. The maximum atomic E-state index is 12.8. The van der Waals surface area contributed by atoms with Crippen molar-refractivity contribution in [3.63, 3.8) is 0 Å². The maximum absolute atomic E-state index is 12.8. The molecule has 2 amide bonds. The van der Waals surface area contributed by atoms with Crippen molar-refractivity contribution in [2.45, 2.75) is 13.8 Å². The van der Waals surface area contributed by atoms with Gasteiger partial charge in [-0.2, -0.15) is 0 Å². The van der Waals surface area contributed by atoms with E-state index in [0.717, 1.165) is 5.56 Å². The molecule has 1 N–H and O–H groups in total. The summed E-state index contributed by atoms with van der Waals surface area (Å²) in [4.78, 5) is 25.9. The first-order valence-corrected chi connectivity index (χ1v) is 8.17. The summed E-state index contributed by atoms with van der Waals surface area (Å²) in [5.74, 6) is -0.646. The Bertz CT molecular complexity index is 748. The van der Waals surface area contributed by atoms with Crippen molar-refractivity contribution in [2.75, 3.05) is 18.4 Å². The Labute approximate surface area is 147 Å². The number of carbonyl (C=O) groups excluding carboxylic acids is 2. The lowest BCUT2D eigenvalue weighted by atomic mass is 10.1. The summed E-state index contributed by atoms with van der Waals surface area (Å²) in [5, 5.41) is 2.72. The summed E-state index contributed by atoms with van der Waals surface area (Å²) >= 11 is 0. The Hall–Kier alpha value is -2.95. The van der Waals surface area contributed by atoms with Gasteiger partial charge in [-0.25, -0.2) is 4.39 Å². The molecule has 0 bridgehead atoms. The molecule has 2 aromatic carbocycles. The van der Waals surface area contributed by atoms with E-state index in [1.807, 2.05) is 13.8 Å². The lowest BCUT2D eigenvalue weighted by Crippen LogP contribution is -2.30. The monoisotopic (exact) mass is 340 g/mol. The predicted molar refractivity (Wildman–Crippen MR) is 97.8 cm³/mol. The standard InChI is InChI=1S/C20H21FN2O2/c1-3-23(4-2)20(25)16-8-12-18(13-9-16)22-19(24)14-7-15-5-10-17(21)11-6-15/h5-14H,3-4H2,1-2H3,(H,22,24)/b14-7+. The summed E-state index contributed by atoms with van der Waals surface area (Å²) < 4.78 is 12.8. The second-order valence-electron chi connectivity index (χ2n) is 5.43. The lowest BCUT2D eigenvalue weighted by Gasteiger charge is -2.18. The Morgan fingerprint density at radius 3 is 2.16 bits per heavy atom. The maximum Gasteiger partial charge on any atom is 0.253 e. The third kappa shape index (κ3) is 5.28. The number of anilines is 1. The number of nitrogens with one attached hydrogen (secondary N) is 1. The van der Waals surface area contributed by atoms with Gasteiger partial charge in [-0.15, -0.1) is 0 Å². The van der Waals surface area contributed by atoms with E-state index in [1.54, 1.807) is 47.4 Å². The van der Waals surface area contributed by atoms with Gasteiger partial charge >= 0.3 is 0 Å². The highest BCUT2D eigenvalue weighted by atomic mass is 19.1. The fourth-order valence-corrected chi connectivity index (χ4v) is 2.32. The zero-order valence-electron chi connectivity index (χ0n) is 14.3. The van der Waals surface area contributed by atoms with E-state index in [4.69, 9.17) is 0 Å². The molecule has 0 aliphatic rings. The van der Waals surface area contributed by atoms with Crippen LogP contribution in [0.3, 0.4) is 0 Å². The van der Waals surface area contributed by atoms with E-state index < -0.39 is 0 Å². The van der Waals surface area contributed by atoms with Gasteiger partial charge < -0.3 is 10.2 Å². The number of carbonyl (C=O) groups is 2. The van der Waals surface area contributed by atoms with Crippen molar-refractivity contribution in [1.29, 1.82) is 0 Å². The normalized spacial score (nSPS) is 10.7. The Kier molecular flexibility index (Phi) is 6.46. The molecule has 0 unspecified atom stereocenters. The molecule has 0 aliphatic carbocycles. The second kappa shape index (κ2) is 8.78. The van der Waals surface area contributed by atoms with Crippen molar-refractivity contribution in [2.24, 2.45) is 0 Å². The van der Waals surface area contributed by atoms with E-state index in [0.29, 0.717) is 24.3 Å². The van der Waals surface area contributed by atoms with Crippen LogP contribution in [0.1, 0.15) is 29.8 Å². The average Bonchev–Trinajstić information content (AvgIpc) is 2.63. The number of amides is 2. The predicted octanol–water partition coefficient (Wildman–Crippen LogP) is 3.96. The molecule has 0 aromatic heterocycles. The van der Waals surface area contributed by atoms with Gasteiger partial charge in [0, 0.05) is 30.4 Å². The number of hydrogen-bond donors (Lipinski definition) is 1. The molecule has 0 atom stereocenters. The van der Waals surface area contributed by atoms with Gasteiger partial charge in [0.1, 0.15) is 5.82 Å². The van der Waals surface area contributed by atoms with Gasteiger partial charge in [0.2, 0.25) is 5.91 Å². The molecule has 0 fully saturated rings. The van der Waals surface area contributed by atoms with Crippen molar-refractivity contribution in [3.8, 4) is 0 Å². The molecule has 0 heterocycles. The minimum absolute atomic E-state index is 0.0286. The Morgan fingerprint density at radius 2 is 1.60 bits per heavy atom. The third-order valence-corrected chi connectivity index (χ3v) is 3.75. The number of nitrogens with zero attached hydrogens (tertiary/aromatic N) is 1. The molecule has 2 aromatic rings. The topological polar surface area (TPSA) is 49.4 Å². The van der Waals surface area contributed by atoms with E-state index in [9.17, 15) is 14.0 Å². The number of rotatable bonds is 6. The first-order chi connectivity index (χ1) is 12.0. The van der Waals surface area contributed by atoms with Crippen LogP contribution < -0.4 is 5.32 Å². The Balaban J connectivity index is 1.97. The van der Waals surface area contributed by atoms with Crippen LogP contribution in [0.4, 0.5) is 10.1 Å². The van der Waals surface area contributed by atoms with Crippen LogP contribution in [0.15, 0.2) is 54.6 Å². The highest BCUT2D eigenvalue weighted by Crippen LogP contribution is 2.12. The summed E-state index contributed by atoms with van der Waals surface area (Å²) in [6.45, 7) is 5.18. The molecule has 2 rings (SSSR count). The second-order valence-corrected chi connectivity index (χ2v) is 5.43. The van der Waals surface area contributed by atoms with Crippen LogP contribution >= 0.6 is 0 Å². The SMILES string of the molecule is CCN(CC)C(=O)c1ccc(NC(=O)/C=C/c2ccc(F)cc2)cc1. The molecule has 0 saturated carbocycles. The molecule has 0 spiro atoms. The van der Waals surface area contributed by atoms with E-state index in [2.05, 4.69) is 5.32 Å². The largest absolute Gasteiger partial charge is 0.339 e. The smallest absolute Gasteiger partial charge is 0.253 e. The van der Waals surface area contributed by atoms with Crippen LogP contribution in [-0.4, -0.2) is 29.8 Å². The molecule has 0 saturated heterocycles. The average molecular weight is 340 g/mol. The van der Waals surface area contributed by atoms with Gasteiger partial charge in [0.05, 0.1) is 0 Å². The molecule has 0 radical (unpaired) electrons. The van der Waals surface area contributed by atoms with Gasteiger partial charge in [-0.3, -0.25) is 9.59 Å². The summed E-state index contributed by atoms with van der Waals surface area (Å²) in [5.41, 5.74) is 1.92. The third-order valence-electron chi connectivity index (χ3n) is 3.75. The summed E-state index contributed by atoms with van der Waals surface area (Å²) in [6, 6.07) is 12.6. The van der Waals surface area contributed by atoms with Crippen molar-refractivity contribution in [1.82, 2.24) is 4.90 Å². The zero-order chi connectivity index (χ0) is 18.2. The van der Waals surface area contributed by atoms with E-state index >= 15 is 0 Å². The van der Waals surface area contributed by atoms with Crippen LogP contribution in [0.2, 0.25) is 0 Å². The van der Waals surface area contributed by atoms with Crippen molar-refractivity contribution < 1.29 is 14.0 Å². The fourth-order valence-electron chi connectivity index (χ4n) is 2.32. The van der Waals surface area contributed by atoms with Crippen LogP contribution in [-0.2, 0) is 4.79 Å². The minimum atomic E-state index is -0.319. The number of benzene rings is 2. The highest BCUT2D eigenvalue weighted by Gasteiger charge is 2.12. The van der Waals surface area contributed by atoms with Crippen molar-refractivity contribution >= 4 is 23.6 Å². The molecule has 4 nitrogen and oxygen atoms in total. The highest BCUT2D eigenvalue weighted by molar-refractivity contribution is 6.02. The summed E-state index contributed by atoms with van der Waals surface area (Å²) in [7, 11) is 0. The zero-order valence-corrected chi connectivity index (χ0v) is 14.3. The van der Waals surface area contributed by atoms with Crippen molar-refractivity contribution in [3.05, 3.63) is 71.6 Å². The Morgan fingerprint density at radius 1 is 1.00 bits per heavy atom. The molecule has 0 aliphatic heterocycles. The van der Waals surface area contributed by atoms with Gasteiger partial charge in [-0.1, -0.05) is 12.1 Å². The number of hydrogen-bond acceptors (Lipinski definition) is 2. The molecular weight excluding hydrogens is 319 g/mol. The minimum Gasteiger partial charge on any atom is -0.339 e. The van der Waals surface area contributed by atoms with Gasteiger partial charge in [0.25, 0.3) is 5.91 Å². The molecule has 130 valence electrons. The van der Waals surface area contributed by atoms with E-state index in [-0.39, 0.29) is 17.6 Å². The summed E-state index contributed by atoms with van der Waals surface area (Å²) in [6.07, 6.45) is 2.98. The molecular formula is C20H21FN2O2. The quantitative estimate of drug-likeness (QED) is 0.809. The lowest BCUT2D eigenvalue weighted by molar-refractivity contribution is -0.111. The first-order valence-electron chi connectivity index (χ1n) is 8.17. The fraction of sp³-hybridized carbons (Fsp3) is 0.200. The first kappa shape index (κ1) is 18.4. The van der Waals surface area contributed by atoms with Gasteiger partial charge in [-0.05, 0) is 61.9 Å².